The van der Waals surface area contributed by atoms with Gasteiger partial charge in [0.15, 0.2) is 0 Å². The number of hydrogen-bond donors (Lipinski definition) is 2. The van der Waals surface area contributed by atoms with E-state index in [1.165, 1.54) is 32.1 Å². The number of piperidine rings is 1. The van der Waals surface area contributed by atoms with E-state index in [0.29, 0.717) is 12.0 Å². The van der Waals surface area contributed by atoms with Crippen LogP contribution in [-0.2, 0) is 4.79 Å². The first-order valence-electron chi connectivity index (χ1n) is 8.29. The van der Waals surface area contributed by atoms with Crippen LogP contribution in [0.2, 0.25) is 0 Å². The van der Waals surface area contributed by atoms with Crippen molar-refractivity contribution < 1.29 is 9.90 Å². The molecule has 0 spiro atoms. The van der Waals surface area contributed by atoms with Gasteiger partial charge in [-0.2, -0.15) is 0 Å². The number of carboxylic acids is 1. The summed E-state index contributed by atoms with van der Waals surface area (Å²) in [6.07, 6.45) is 10.4. The third-order valence-electron chi connectivity index (χ3n) is 5.84. The predicted octanol–water partition coefficient (Wildman–Crippen LogP) is 3.41. The highest BCUT2D eigenvalue weighted by atomic mass is 35.5. The summed E-state index contributed by atoms with van der Waals surface area (Å²) in [4.78, 5) is 11.7. The van der Waals surface area contributed by atoms with Crippen LogP contribution in [0, 0.1) is 17.8 Å². The summed E-state index contributed by atoms with van der Waals surface area (Å²) < 4.78 is 0. The minimum absolute atomic E-state index is 0.113. The van der Waals surface area contributed by atoms with Gasteiger partial charge in [-0.25, -0.2) is 0 Å². The van der Waals surface area contributed by atoms with Crippen molar-refractivity contribution in [2.24, 2.45) is 17.8 Å². The van der Waals surface area contributed by atoms with Gasteiger partial charge in [0.1, 0.15) is 0 Å². The van der Waals surface area contributed by atoms with Gasteiger partial charge in [0.05, 0.1) is 5.92 Å². The molecule has 3 rings (SSSR count). The number of rotatable bonds is 2. The maximum absolute atomic E-state index is 11.7. The normalized spacial score (nSPS) is 43.0. The van der Waals surface area contributed by atoms with E-state index in [1.54, 1.807) is 0 Å². The average Bonchev–Trinajstić information content (AvgIpc) is 2.47. The molecule has 0 bridgehead atoms. The van der Waals surface area contributed by atoms with Crippen LogP contribution in [0.5, 0.6) is 0 Å². The second kappa shape index (κ2) is 6.23. The third-order valence-corrected chi connectivity index (χ3v) is 6.33. The molecule has 1 saturated heterocycles. The zero-order valence-corrected chi connectivity index (χ0v) is 12.8. The Labute approximate surface area is 126 Å². The van der Waals surface area contributed by atoms with Crippen LogP contribution < -0.4 is 5.32 Å². The predicted molar refractivity (Wildman–Crippen MR) is 80.0 cm³/mol. The van der Waals surface area contributed by atoms with Gasteiger partial charge >= 0.3 is 5.97 Å². The summed E-state index contributed by atoms with van der Waals surface area (Å²) in [6.45, 7) is 0. The molecule has 2 aliphatic carbocycles. The van der Waals surface area contributed by atoms with Crippen molar-refractivity contribution in [2.45, 2.75) is 75.2 Å². The number of nitrogens with one attached hydrogen (secondary N) is 1. The van der Waals surface area contributed by atoms with E-state index in [9.17, 15) is 9.90 Å². The van der Waals surface area contributed by atoms with E-state index in [0.717, 1.165) is 25.7 Å². The molecule has 1 heterocycles. The fourth-order valence-corrected chi connectivity index (χ4v) is 5.18. The minimum Gasteiger partial charge on any atom is -0.481 e. The van der Waals surface area contributed by atoms with Gasteiger partial charge < -0.3 is 10.4 Å². The zero-order chi connectivity index (χ0) is 14.1. The molecule has 0 aromatic heterocycles. The van der Waals surface area contributed by atoms with Crippen molar-refractivity contribution in [3.8, 4) is 0 Å². The smallest absolute Gasteiger partial charge is 0.306 e. The topological polar surface area (TPSA) is 49.3 Å². The van der Waals surface area contributed by atoms with Crippen molar-refractivity contribution in [3.05, 3.63) is 0 Å². The first-order chi connectivity index (χ1) is 9.66. The van der Waals surface area contributed by atoms with Crippen LogP contribution in [0.1, 0.15) is 57.8 Å². The summed E-state index contributed by atoms with van der Waals surface area (Å²) in [5, 5.41) is 13.5. The van der Waals surface area contributed by atoms with Crippen LogP contribution >= 0.6 is 11.6 Å². The Kier molecular flexibility index (Phi) is 4.56. The van der Waals surface area contributed by atoms with Gasteiger partial charge in [0.25, 0.3) is 0 Å². The number of hydrogen-bond acceptors (Lipinski definition) is 2. The molecule has 20 heavy (non-hydrogen) atoms. The zero-order valence-electron chi connectivity index (χ0n) is 12.1. The molecule has 3 nitrogen and oxygen atoms in total. The number of fused-ring (bicyclic) bond motifs is 1. The first kappa shape index (κ1) is 14.6. The molecular formula is C16H26ClNO2. The van der Waals surface area contributed by atoms with Gasteiger partial charge in [0.2, 0.25) is 0 Å². The highest BCUT2D eigenvalue weighted by molar-refractivity contribution is 6.21. The van der Waals surface area contributed by atoms with Gasteiger partial charge in [-0.1, -0.05) is 25.7 Å². The van der Waals surface area contributed by atoms with Crippen molar-refractivity contribution in [3.63, 3.8) is 0 Å². The van der Waals surface area contributed by atoms with Crippen LogP contribution in [0.3, 0.4) is 0 Å². The molecule has 0 amide bonds. The number of carbonyl (C=O) groups is 1. The summed E-state index contributed by atoms with van der Waals surface area (Å²) in [7, 11) is 0. The van der Waals surface area contributed by atoms with Crippen molar-refractivity contribution in [1.82, 2.24) is 5.32 Å². The second-order valence-corrected chi connectivity index (χ2v) is 7.55. The Morgan fingerprint density at radius 1 is 1.05 bits per heavy atom. The molecule has 2 saturated carbocycles. The summed E-state index contributed by atoms with van der Waals surface area (Å²) >= 11 is 6.51. The summed E-state index contributed by atoms with van der Waals surface area (Å²) in [5.74, 6) is 0.115. The molecule has 3 fully saturated rings. The minimum atomic E-state index is -0.604. The lowest BCUT2D eigenvalue weighted by molar-refractivity contribution is -0.147. The molecule has 2 N–H and O–H groups in total. The SMILES string of the molecule is O=C(O)C1CC(C2CCCCC2)NC2C(Cl)CCCC12. The van der Waals surface area contributed by atoms with E-state index >= 15 is 0 Å². The molecule has 114 valence electrons. The molecule has 0 aromatic rings. The van der Waals surface area contributed by atoms with E-state index in [-0.39, 0.29) is 23.3 Å². The average molecular weight is 300 g/mol. The molecule has 1 aliphatic heterocycles. The van der Waals surface area contributed by atoms with Crippen molar-refractivity contribution in [1.29, 1.82) is 0 Å². The molecule has 5 unspecified atom stereocenters. The second-order valence-electron chi connectivity index (χ2n) is 6.99. The largest absolute Gasteiger partial charge is 0.481 e. The number of halogens is 1. The number of carboxylic acid groups (broad SMARTS) is 1. The fraction of sp³-hybridized carbons (Fsp3) is 0.938. The lowest BCUT2D eigenvalue weighted by atomic mass is 9.67. The Morgan fingerprint density at radius 3 is 2.50 bits per heavy atom. The maximum atomic E-state index is 11.7. The van der Waals surface area contributed by atoms with Gasteiger partial charge in [-0.15, -0.1) is 11.6 Å². The van der Waals surface area contributed by atoms with E-state index in [2.05, 4.69) is 5.32 Å². The van der Waals surface area contributed by atoms with Crippen LogP contribution in [0.4, 0.5) is 0 Å². The monoisotopic (exact) mass is 299 g/mol. The Morgan fingerprint density at radius 2 is 1.80 bits per heavy atom. The Bertz CT molecular complexity index is 356. The first-order valence-corrected chi connectivity index (χ1v) is 8.73. The lowest BCUT2D eigenvalue weighted by Crippen LogP contribution is -2.60. The quantitative estimate of drug-likeness (QED) is 0.768. The van der Waals surface area contributed by atoms with Gasteiger partial charge in [0, 0.05) is 17.5 Å². The Balaban J connectivity index is 1.75. The molecule has 4 heteroatoms. The van der Waals surface area contributed by atoms with Crippen molar-refractivity contribution in [2.75, 3.05) is 0 Å². The lowest BCUT2D eigenvalue weighted by Gasteiger charge is -2.48. The van der Waals surface area contributed by atoms with Crippen molar-refractivity contribution >= 4 is 17.6 Å². The fourth-order valence-electron chi connectivity index (χ4n) is 4.77. The van der Waals surface area contributed by atoms with Crippen LogP contribution in [0.25, 0.3) is 0 Å². The van der Waals surface area contributed by atoms with E-state index < -0.39 is 5.97 Å². The van der Waals surface area contributed by atoms with Crippen LogP contribution in [-0.4, -0.2) is 28.5 Å². The highest BCUT2D eigenvalue weighted by Crippen LogP contribution is 2.42. The molecule has 0 radical (unpaired) electrons. The summed E-state index contributed by atoms with van der Waals surface area (Å²) in [5.41, 5.74) is 0. The Hall–Kier alpha value is -0.280. The van der Waals surface area contributed by atoms with Crippen LogP contribution in [0.15, 0.2) is 0 Å². The number of aliphatic carboxylic acids is 1. The number of alkyl halides is 1. The van der Waals surface area contributed by atoms with Gasteiger partial charge in [-0.3, -0.25) is 4.79 Å². The third kappa shape index (κ3) is 2.85. The highest BCUT2D eigenvalue weighted by Gasteiger charge is 2.46. The van der Waals surface area contributed by atoms with Gasteiger partial charge in [-0.05, 0) is 43.9 Å². The summed E-state index contributed by atoms with van der Waals surface area (Å²) in [6, 6.07) is 0.587. The van der Waals surface area contributed by atoms with E-state index in [1.807, 2.05) is 0 Å². The maximum Gasteiger partial charge on any atom is 0.306 e. The molecule has 3 aliphatic rings. The standard InChI is InChI=1S/C16H26ClNO2/c17-13-8-4-7-11-12(16(19)20)9-14(18-15(11)13)10-5-2-1-3-6-10/h10-15,18H,1-9H2,(H,19,20). The van der Waals surface area contributed by atoms with E-state index in [4.69, 9.17) is 11.6 Å². The molecule has 5 atom stereocenters. The molecular weight excluding hydrogens is 274 g/mol. The molecule has 0 aromatic carbocycles.